The molecule has 1 fully saturated rings. The highest BCUT2D eigenvalue weighted by atomic mass is 79.9. The third kappa shape index (κ3) is 3.78. The van der Waals surface area contributed by atoms with Gasteiger partial charge in [0.25, 0.3) is 0 Å². The summed E-state index contributed by atoms with van der Waals surface area (Å²) in [4.78, 5) is 11.3. The van der Waals surface area contributed by atoms with E-state index in [2.05, 4.69) is 59.5 Å². The molecule has 2 N–H and O–H groups in total. The van der Waals surface area contributed by atoms with Crippen LogP contribution >= 0.6 is 32.9 Å². The summed E-state index contributed by atoms with van der Waals surface area (Å²) in [6, 6.07) is 6.48. The predicted octanol–water partition coefficient (Wildman–Crippen LogP) is 3.01. The molecule has 1 unspecified atom stereocenters. The Labute approximate surface area is 164 Å². The molecule has 1 saturated heterocycles. The van der Waals surface area contributed by atoms with Crippen LogP contribution in [0.3, 0.4) is 0 Å². The summed E-state index contributed by atoms with van der Waals surface area (Å²) >= 11 is 3.42. The van der Waals surface area contributed by atoms with Crippen LogP contribution in [-0.2, 0) is 0 Å². The zero-order valence-corrected chi connectivity index (χ0v) is 17.0. The van der Waals surface area contributed by atoms with Gasteiger partial charge in [0.2, 0.25) is 0 Å². The molecule has 0 saturated carbocycles. The number of hydrogen-bond donors (Lipinski definition) is 2. The van der Waals surface area contributed by atoms with Crippen LogP contribution in [-0.4, -0.2) is 45.3 Å². The Bertz CT molecular complexity index is 849. The van der Waals surface area contributed by atoms with Crippen molar-refractivity contribution in [2.75, 3.05) is 29.9 Å². The Morgan fingerprint density at radius 3 is 2.96 bits per heavy atom. The number of imidazole rings is 1. The first-order valence-electron chi connectivity index (χ1n) is 7.91. The number of piperazine rings is 1. The summed E-state index contributed by atoms with van der Waals surface area (Å²) in [5.74, 6) is 0.782. The molecule has 4 heterocycles. The molecule has 0 aromatic carbocycles. The summed E-state index contributed by atoms with van der Waals surface area (Å²) in [6.45, 7) is 5.24. The lowest BCUT2D eigenvalue weighted by Gasteiger charge is -2.35. The SMILES string of the molecule is Br.CC1CNCCN1c1ccc(Nc2cc(Br)nn3ccnc23)nc1. The summed E-state index contributed by atoms with van der Waals surface area (Å²) < 4.78 is 2.46. The molecule has 0 radical (unpaired) electrons. The van der Waals surface area contributed by atoms with Crippen LogP contribution in [0.5, 0.6) is 0 Å². The van der Waals surface area contributed by atoms with E-state index in [1.807, 2.05) is 24.5 Å². The number of nitrogens with zero attached hydrogens (tertiary/aromatic N) is 5. The van der Waals surface area contributed by atoms with Crippen LogP contribution in [0.1, 0.15) is 6.92 Å². The topological polar surface area (TPSA) is 70.4 Å². The van der Waals surface area contributed by atoms with Crippen molar-refractivity contribution in [1.29, 1.82) is 0 Å². The third-order valence-corrected chi connectivity index (χ3v) is 4.56. The molecule has 0 aliphatic carbocycles. The van der Waals surface area contributed by atoms with E-state index in [9.17, 15) is 0 Å². The molecule has 1 aliphatic rings. The maximum absolute atomic E-state index is 4.56. The highest BCUT2D eigenvalue weighted by molar-refractivity contribution is 9.10. The molecule has 0 amide bonds. The Balaban J connectivity index is 0.00000182. The number of hydrogen-bond acceptors (Lipinski definition) is 6. The Morgan fingerprint density at radius 1 is 1.32 bits per heavy atom. The molecule has 1 atom stereocenters. The first kappa shape index (κ1) is 18.1. The van der Waals surface area contributed by atoms with Gasteiger partial charge in [0.1, 0.15) is 10.4 Å². The number of anilines is 3. The van der Waals surface area contributed by atoms with Crippen molar-refractivity contribution in [1.82, 2.24) is 24.9 Å². The number of rotatable bonds is 3. The van der Waals surface area contributed by atoms with Crippen LogP contribution in [0, 0.1) is 0 Å². The van der Waals surface area contributed by atoms with E-state index in [1.54, 1.807) is 10.7 Å². The average molecular weight is 469 g/mol. The van der Waals surface area contributed by atoms with Crippen molar-refractivity contribution < 1.29 is 0 Å². The third-order valence-electron chi connectivity index (χ3n) is 4.17. The lowest BCUT2D eigenvalue weighted by Crippen LogP contribution is -2.49. The van der Waals surface area contributed by atoms with Gasteiger partial charge in [-0.1, -0.05) is 0 Å². The van der Waals surface area contributed by atoms with Gasteiger partial charge in [-0.15, -0.1) is 17.0 Å². The maximum atomic E-state index is 4.56. The molecule has 0 bridgehead atoms. The molecular weight excluding hydrogens is 450 g/mol. The van der Waals surface area contributed by atoms with Gasteiger partial charge < -0.3 is 15.5 Å². The van der Waals surface area contributed by atoms with Crippen molar-refractivity contribution >= 4 is 55.8 Å². The first-order chi connectivity index (χ1) is 11.7. The second-order valence-corrected chi connectivity index (χ2v) is 6.66. The quantitative estimate of drug-likeness (QED) is 0.615. The fourth-order valence-corrected chi connectivity index (χ4v) is 3.37. The van der Waals surface area contributed by atoms with Gasteiger partial charge in [-0.05, 0) is 35.0 Å². The lowest BCUT2D eigenvalue weighted by molar-refractivity contribution is 0.500. The van der Waals surface area contributed by atoms with Gasteiger partial charge >= 0.3 is 0 Å². The van der Waals surface area contributed by atoms with E-state index >= 15 is 0 Å². The lowest BCUT2D eigenvalue weighted by atomic mass is 10.2. The van der Waals surface area contributed by atoms with E-state index in [0.717, 1.165) is 47.1 Å². The van der Waals surface area contributed by atoms with Crippen molar-refractivity contribution in [3.05, 3.63) is 41.4 Å². The fraction of sp³-hybridized carbons (Fsp3) is 0.312. The minimum absolute atomic E-state index is 0. The molecular formula is C16H19Br2N7. The van der Waals surface area contributed by atoms with E-state index < -0.39 is 0 Å². The summed E-state index contributed by atoms with van der Waals surface area (Å²) in [5, 5.41) is 11.0. The number of halogens is 2. The Morgan fingerprint density at radius 2 is 2.20 bits per heavy atom. The van der Waals surface area contributed by atoms with Crippen molar-refractivity contribution in [2.24, 2.45) is 0 Å². The molecule has 132 valence electrons. The van der Waals surface area contributed by atoms with Gasteiger partial charge in [-0.3, -0.25) is 0 Å². The normalized spacial score (nSPS) is 17.4. The monoisotopic (exact) mass is 467 g/mol. The first-order valence-corrected chi connectivity index (χ1v) is 8.70. The maximum Gasteiger partial charge on any atom is 0.177 e. The second-order valence-electron chi connectivity index (χ2n) is 5.85. The van der Waals surface area contributed by atoms with Crippen molar-refractivity contribution in [3.63, 3.8) is 0 Å². The summed E-state index contributed by atoms with van der Waals surface area (Å²) in [6.07, 6.45) is 5.46. The molecule has 1 aliphatic heterocycles. The standard InChI is InChI=1S/C16H18BrN7.BrH/c1-11-9-18-4-6-23(11)12-2-3-15(20-10-12)21-13-8-14(17)22-24-7-5-19-16(13)24;/h2-3,5,7-8,10-11,18H,4,6,9H2,1H3,(H,20,21);1H. The molecule has 0 spiro atoms. The van der Waals surface area contributed by atoms with E-state index in [1.165, 1.54) is 0 Å². The molecule has 3 aromatic heterocycles. The summed E-state index contributed by atoms with van der Waals surface area (Å²) in [5.41, 5.74) is 2.77. The van der Waals surface area contributed by atoms with Crippen LogP contribution < -0.4 is 15.5 Å². The highest BCUT2D eigenvalue weighted by Gasteiger charge is 2.18. The van der Waals surface area contributed by atoms with Gasteiger partial charge in [0.05, 0.1) is 17.6 Å². The number of pyridine rings is 1. The van der Waals surface area contributed by atoms with Crippen LogP contribution in [0.25, 0.3) is 5.65 Å². The van der Waals surface area contributed by atoms with Gasteiger partial charge in [-0.25, -0.2) is 14.5 Å². The smallest absolute Gasteiger partial charge is 0.177 e. The van der Waals surface area contributed by atoms with Crippen LogP contribution in [0.2, 0.25) is 0 Å². The zero-order chi connectivity index (χ0) is 16.5. The van der Waals surface area contributed by atoms with Crippen molar-refractivity contribution in [3.8, 4) is 0 Å². The average Bonchev–Trinajstić information content (AvgIpc) is 3.05. The number of fused-ring (bicyclic) bond motifs is 1. The van der Waals surface area contributed by atoms with Crippen molar-refractivity contribution in [2.45, 2.75) is 13.0 Å². The number of nitrogens with one attached hydrogen (secondary N) is 2. The van der Waals surface area contributed by atoms with E-state index in [-0.39, 0.29) is 17.0 Å². The van der Waals surface area contributed by atoms with Crippen LogP contribution in [0.15, 0.2) is 41.4 Å². The Kier molecular flexibility index (Phi) is 5.55. The van der Waals surface area contributed by atoms with Gasteiger partial charge in [0.15, 0.2) is 5.65 Å². The molecule has 3 aromatic rings. The predicted molar refractivity (Wildman–Crippen MR) is 108 cm³/mol. The minimum atomic E-state index is 0. The minimum Gasteiger partial charge on any atom is -0.365 e. The van der Waals surface area contributed by atoms with Gasteiger partial charge in [-0.2, -0.15) is 5.10 Å². The molecule has 7 nitrogen and oxygen atoms in total. The van der Waals surface area contributed by atoms with E-state index in [4.69, 9.17) is 0 Å². The molecule has 25 heavy (non-hydrogen) atoms. The second kappa shape index (κ2) is 7.67. The fourth-order valence-electron chi connectivity index (χ4n) is 2.97. The van der Waals surface area contributed by atoms with Gasteiger partial charge in [0, 0.05) is 44.1 Å². The van der Waals surface area contributed by atoms with Crippen LogP contribution in [0.4, 0.5) is 17.2 Å². The largest absolute Gasteiger partial charge is 0.365 e. The highest BCUT2D eigenvalue weighted by Crippen LogP contribution is 2.24. The summed E-state index contributed by atoms with van der Waals surface area (Å²) in [7, 11) is 0. The molecule has 9 heteroatoms. The number of aromatic nitrogens is 4. The molecule has 4 rings (SSSR count). The Hall–Kier alpha value is -1.71. The van der Waals surface area contributed by atoms with E-state index in [0.29, 0.717) is 6.04 Å². The zero-order valence-electron chi connectivity index (χ0n) is 13.7.